The molecule has 0 aliphatic rings. The van der Waals surface area contributed by atoms with E-state index in [9.17, 15) is 9.90 Å². The molecule has 0 aliphatic heterocycles. The maximum Gasteiger partial charge on any atom is 0.422 e. The standard InChI is InChI=1S/C18H31N3O3/c1-13(2)21(20-17(23)24-18(3,4)5)12-16(22)15(19)11-14-9-7-6-8-10-14/h6-10,13,15-16,22H,11-12,19H2,1-5H3,(H,20,23). The molecule has 1 aromatic rings. The van der Waals surface area contributed by atoms with Gasteiger partial charge < -0.3 is 15.6 Å². The SMILES string of the molecule is CC(C)N(CC(O)C(N)Cc1ccccc1)NC(=O)OC(C)(C)C. The minimum Gasteiger partial charge on any atom is -0.443 e. The summed E-state index contributed by atoms with van der Waals surface area (Å²) in [6.45, 7) is 9.48. The highest BCUT2D eigenvalue weighted by Crippen LogP contribution is 2.09. The fraction of sp³-hybridized carbons (Fsp3) is 0.611. The van der Waals surface area contributed by atoms with Crippen molar-refractivity contribution in [2.75, 3.05) is 6.54 Å². The van der Waals surface area contributed by atoms with Gasteiger partial charge in [0.15, 0.2) is 0 Å². The molecule has 0 saturated carbocycles. The minimum atomic E-state index is -0.775. The van der Waals surface area contributed by atoms with E-state index in [0.717, 1.165) is 5.56 Å². The molecule has 1 aromatic carbocycles. The number of hydrazine groups is 1. The molecule has 0 spiro atoms. The molecule has 24 heavy (non-hydrogen) atoms. The van der Waals surface area contributed by atoms with E-state index in [1.165, 1.54) is 0 Å². The van der Waals surface area contributed by atoms with Gasteiger partial charge in [0.1, 0.15) is 5.60 Å². The van der Waals surface area contributed by atoms with Crippen LogP contribution in [0.1, 0.15) is 40.2 Å². The molecule has 0 saturated heterocycles. The number of ether oxygens (including phenoxy) is 1. The summed E-state index contributed by atoms with van der Waals surface area (Å²) in [5.41, 5.74) is 9.28. The zero-order chi connectivity index (χ0) is 18.3. The predicted molar refractivity (Wildman–Crippen MR) is 95.3 cm³/mol. The van der Waals surface area contributed by atoms with Crippen molar-refractivity contribution in [3.8, 4) is 0 Å². The summed E-state index contributed by atoms with van der Waals surface area (Å²) in [6.07, 6.45) is -0.747. The third kappa shape index (κ3) is 7.77. The first-order valence-corrected chi connectivity index (χ1v) is 8.32. The largest absolute Gasteiger partial charge is 0.443 e. The molecule has 6 heteroatoms. The maximum atomic E-state index is 11.9. The number of amides is 1. The Bertz CT molecular complexity index is 500. The van der Waals surface area contributed by atoms with Crippen molar-refractivity contribution < 1.29 is 14.6 Å². The van der Waals surface area contributed by atoms with Crippen molar-refractivity contribution in [2.45, 2.75) is 64.8 Å². The van der Waals surface area contributed by atoms with E-state index < -0.39 is 23.8 Å². The van der Waals surface area contributed by atoms with E-state index in [-0.39, 0.29) is 12.6 Å². The highest BCUT2D eigenvalue weighted by molar-refractivity contribution is 5.67. The number of carbonyl (C=O) groups is 1. The van der Waals surface area contributed by atoms with Crippen molar-refractivity contribution in [1.29, 1.82) is 0 Å². The van der Waals surface area contributed by atoms with Gasteiger partial charge in [0, 0.05) is 18.6 Å². The van der Waals surface area contributed by atoms with E-state index in [4.69, 9.17) is 10.5 Å². The molecular formula is C18H31N3O3. The second-order valence-electron chi connectivity index (χ2n) is 7.28. The first-order valence-electron chi connectivity index (χ1n) is 8.32. The van der Waals surface area contributed by atoms with Gasteiger partial charge in [-0.25, -0.2) is 9.80 Å². The Kier molecular flexibility index (Phi) is 7.66. The Hall–Kier alpha value is -1.63. The van der Waals surface area contributed by atoms with E-state index >= 15 is 0 Å². The molecule has 0 radical (unpaired) electrons. The monoisotopic (exact) mass is 337 g/mol. The Morgan fingerprint density at radius 2 is 1.88 bits per heavy atom. The third-order valence-electron chi connectivity index (χ3n) is 3.45. The second-order valence-corrected chi connectivity index (χ2v) is 7.28. The number of hydrogen-bond acceptors (Lipinski definition) is 5. The van der Waals surface area contributed by atoms with Crippen LogP contribution in [-0.4, -0.2) is 46.5 Å². The molecule has 0 aliphatic carbocycles. The predicted octanol–water partition coefficient (Wildman–Crippen LogP) is 2.07. The van der Waals surface area contributed by atoms with Crippen LogP contribution in [0.2, 0.25) is 0 Å². The zero-order valence-corrected chi connectivity index (χ0v) is 15.3. The summed E-state index contributed by atoms with van der Waals surface area (Å²) in [5, 5.41) is 12.0. The van der Waals surface area contributed by atoms with E-state index in [1.54, 1.807) is 25.8 Å². The van der Waals surface area contributed by atoms with Crippen molar-refractivity contribution >= 4 is 6.09 Å². The number of benzene rings is 1. The van der Waals surface area contributed by atoms with Crippen molar-refractivity contribution in [1.82, 2.24) is 10.4 Å². The summed E-state index contributed by atoms with van der Waals surface area (Å²) in [7, 11) is 0. The first kappa shape index (κ1) is 20.4. The third-order valence-corrected chi connectivity index (χ3v) is 3.45. The number of rotatable bonds is 7. The van der Waals surface area contributed by atoms with Gasteiger partial charge in [-0.1, -0.05) is 30.3 Å². The summed E-state index contributed by atoms with van der Waals surface area (Å²) >= 11 is 0. The average molecular weight is 337 g/mol. The van der Waals surface area contributed by atoms with Gasteiger partial charge in [-0.05, 0) is 46.6 Å². The number of nitrogens with two attached hydrogens (primary N) is 1. The first-order chi connectivity index (χ1) is 11.1. The Balaban J connectivity index is 2.58. The number of aliphatic hydroxyl groups excluding tert-OH is 1. The summed E-state index contributed by atoms with van der Waals surface area (Å²) in [5.74, 6) is 0. The quantitative estimate of drug-likeness (QED) is 0.663. The van der Waals surface area contributed by atoms with E-state index in [0.29, 0.717) is 6.42 Å². The number of carbonyl (C=O) groups excluding carboxylic acids is 1. The van der Waals surface area contributed by atoms with Gasteiger partial charge in [0.25, 0.3) is 0 Å². The Morgan fingerprint density at radius 3 is 2.38 bits per heavy atom. The molecule has 0 heterocycles. The second kappa shape index (κ2) is 9.01. The van der Waals surface area contributed by atoms with Crippen LogP contribution in [0.5, 0.6) is 0 Å². The number of aliphatic hydroxyl groups is 1. The topological polar surface area (TPSA) is 87.8 Å². The molecule has 1 amide bonds. The normalized spacial score (nSPS) is 14.5. The average Bonchev–Trinajstić information content (AvgIpc) is 2.45. The van der Waals surface area contributed by atoms with E-state index in [1.807, 2.05) is 44.2 Å². The molecule has 2 unspecified atom stereocenters. The van der Waals surface area contributed by atoms with Gasteiger partial charge in [0.2, 0.25) is 0 Å². The van der Waals surface area contributed by atoms with E-state index in [2.05, 4.69) is 5.43 Å². The van der Waals surface area contributed by atoms with Crippen LogP contribution in [0.15, 0.2) is 30.3 Å². The van der Waals surface area contributed by atoms with Crippen molar-refractivity contribution in [3.63, 3.8) is 0 Å². The molecular weight excluding hydrogens is 306 g/mol. The van der Waals surface area contributed by atoms with Gasteiger partial charge >= 0.3 is 6.09 Å². The number of nitrogens with zero attached hydrogens (tertiary/aromatic N) is 1. The summed E-state index contributed by atoms with van der Waals surface area (Å²) in [4.78, 5) is 11.9. The Morgan fingerprint density at radius 1 is 1.29 bits per heavy atom. The lowest BCUT2D eigenvalue weighted by atomic mass is 10.0. The summed E-state index contributed by atoms with van der Waals surface area (Å²) in [6, 6.07) is 9.36. The fourth-order valence-corrected chi connectivity index (χ4v) is 2.16. The molecule has 136 valence electrons. The van der Waals surface area contributed by atoms with Crippen molar-refractivity contribution in [3.05, 3.63) is 35.9 Å². The lowest BCUT2D eigenvalue weighted by Crippen LogP contribution is -2.54. The minimum absolute atomic E-state index is 0.00362. The lowest BCUT2D eigenvalue weighted by Gasteiger charge is -2.32. The fourth-order valence-electron chi connectivity index (χ4n) is 2.16. The van der Waals surface area contributed by atoms with Crippen LogP contribution in [0, 0.1) is 0 Å². The zero-order valence-electron chi connectivity index (χ0n) is 15.3. The summed E-state index contributed by atoms with van der Waals surface area (Å²) < 4.78 is 5.25. The van der Waals surface area contributed by atoms with Crippen LogP contribution in [-0.2, 0) is 11.2 Å². The lowest BCUT2D eigenvalue weighted by molar-refractivity contribution is 0.0100. The van der Waals surface area contributed by atoms with Gasteiger partial charge in [-0.15, -0.1) is 0 Å². The highest BCUT2D eigenvalue weighted by atomic mass is 16.6. The van der Waals surface area contributed by atoms with Crippen LogP contribution in [0.25, 0.3) is 0 Å². The van der Waals surface area contributed by atoms with Crippen LogP contribution in [0.4, 0.5) is 4.79 Å². The molecule has 6 nitrogen and oxygen atoms in total. The van der Waals surface area contributed by atoms with Crippen LogP contribution < -0.4 is 11.2 Å². The van der Waals surface area contributed by atoms with Gasteiger partial charge in [-0.3, -0.25) is 5.43 Å². The molecule has 0 bridgehead atoms. The molecule has 0 fully saturated rings. The Labute approximate surface area is 144 Å². The van der Waals surface area contributed by atoms with Gasteiger partial charge in [-0.2, -0.15) is 0 Å². The van der Waals surface area contributed by atoms with Crippen LogP contribution in [0.3, 0.4) is 0 Å². The molecule has 4 N–H and O–H groups in total. The molecule has 1 rings (SSSR count). The van der Waals surface area contributed by atoms with Crippen LogP contribution >= 0.6 is 0 Å². The number of hydrogen-bond donors (Lipinski definition) is 3. The smallest absolute Gasteiger partial charge is 0.422 e. The maximum absolute atomic E-state index is 11.9. The highest BCUT2D eigenvalue weighted by Gasteiger charge is 2.24. The molecule has 2 atom stereocenters. The van der Waals surface area contributed by atoms with Gasteiger partial charge in [0.05, 0.1) is 6.10 Å². The van der Waals surface area contributed by atoms with Crippen molar-refractivity contribution in [2.24, 2.45) is 5.73 Å². The number of nitrogens with one attached hydrogen (secondary N) is 1. The molecule has 0 aromatic heterocycles.